The maximum atomic E-state index is 11.3. The Morgan fingerprint density at radius 3 is 2.69 bits per heavy atom. The Bertz CT molecular complexity index is 733. The molecule has 1 saturated heterocycles. The van der Waals surface area contributed by atoms with Crippen LogP contribution in [0.3, 0.4) is 0 Å². The van der Waals surface area contributed by atoms with Crippen molar-refractivity contribution in [2.45, 2.75) is 6.54 Å². The first-order chi connectivity index (χ1) is 12.7. The topological polar surface area (TPSA) is 94.8 Å². The lowest BCUT2D eigenvalue weighted by atomic mass is 10.2. The highest BCUT2D eigenvalue weighted by Crippen LogP contribution is 2.30. The van der Waals surface area contributed by atoms with Crippen LogP contribution in [0.4, 0.5) is 17.1 Å². The van der Waals surface area contributed by atoms with Crippen molar-refractivity contribution in [3.63, 3.8) is 0 Å². The Labute approximate surface area is 152 Å². The second-order valence-corrected chi connectivity index (χ2v) is 6.23. The van der Waals surface area contributed by atoms with Crippen LogP contribution in [0.2, 0.25) is 0 Å². The second-order valence-electron chi connectivity index (χ2n) is 6.23. The number of aliphatic hydroxyl groups excluding tert-OH is 1. The Balaban J connectivity index is 1.73. The molecule has 0 saturated carbocycles. The number of piperazine rings is 1. The molecular formula is C18H23N5O3. The molecule has 138 valence electrons. The number of β-amino-alcohol motifs (C(OH)–C–C–N with tert-alkyl or cyclic N) is 1. The standard InChI is InChI=1S/C18H23N5O3/c24-11-10-21-6-8-22(9-7-21)16-3-4-18(23(25)26)17(12-16)20-14-15-2-1-5-19-13-15/h1-5,12-13,20,24H,6-11,14H2. The van der Waals surface area contributed by atoms with Gasteiger partial charge in [-0.25, -0.2) is 0 Å². The van der Waals surface area contributed by atoms with E-state index in [1.54, 1.807) is 24.5 Å². The van der Waals surface area contributed by atoms with Crippen LogP contribution in [0.5, 0.6) is 0 Å². The summed E-state index contributed by atoms with van der Waals surface area (Å²) >= 11 is 0. The highest BCUT2D eigenvalue weighted by molar-refractivity contribution is 5.69. The van der Waals surface area contributed by atoms with Gasteiger partial charge in [-0.05, 0) is 23.8 Å². The van der Waals surface area contributed by atoms with Crippen molar-refractivity contribution in [1.82, 2.24) is 9.88 Å². The monoisotopic (exact) mass is 357 g/mol. The van der Waals surface area contributed by atoms with Crippen LogP contribution in [0.25, 0.3) is 0 Å². The van der Waals surface area contributed by atoms with E-state index in [9.17, 15) is 10.1 Å². The maximum absolute atomic E-state index is 11.3. The molecule has 3 rings (SSSR count). The van der Waals surface area contributed by atoms with Gasteiger partial charge in [-0.1, -0.05) is 6.07 Å². The van der Waals surface area contributed by atoms with E-state index in [2.05, 4.69) is 20.1 Å². The lowest BCUT2D eigenvalue weighted by Gasteiger charge is -2.35. The van der Waals surface area contributed by atoms with Gasteiger partial charge in [0.05, 0.1) is 11.5 Å². The molecule has 0 bridgehead atoms. The number of pyridine rings is 1. The molecule has 1 aromatic carbocycles. The highest BCUT2D eigenvalue weighted by Gasteiger charge is 2.20. The molecule has 0 aliphatic carbocycles. The average Bonchev–Trinajstić information content (AvgIpc) is 2.68. The Morgan fingerprint density at radius 1 is 1.23 bits per heavy atom. The molecule has 0 amide bonds. The normalized spacial score (nSPS) is 15.0. The first-order valence-corrected chi connectivity index (χ1v) is 8.67. The molecule has 1 fully saturated rings. The molecule has 1 aromatic heterocycles. The first kappa shape index (κ1) is 18.1. The molecule has 0 radical (unpaired) electrons. The molecule has 1 aliphatic heterocycles. The lowest BCUT2D eigenvalue weighted by Crippen LogP contribution is -2.47. The fourth-order valence-corrected chi connectivity index (χ4v) is 3.09. The van der Waals surface area contributed by atoms with Gasteiger partial charge in [0.1, 0.15) is 5.69 Å². The Morgan fingerprint density at radius 2 is 2.04 bits per heavy atom. The summed E-state index contributed by atoms with van der Waals surface area (Å²) in [7, 11) is 0. The van der Waals surface area contributed by atoms with Crippen LogP contribution in [0.15, 0.2) is 42.7 Å². The predicted molar refractivity (Wildman–Crippen MR) is 100 cm³/mol. The van der Waals surface area contributed by atoms with Gasteiger partial charge in [0.15, 0.2) is 0 Å². The Hall–Kier alpha value is -2.71. The number of hydrogen-bond acceptors (Lipinski definition) is 7. The smallest absolute Gasteiger partial charge is 0.292 e. The third kappa shape index (κ3) is 4.47. The van der Waals surface area contributed by atoms with Gasteiger partial charge in [-0.2, -0.15) is 0 Å². The minimum atomic E-state index is -0.367. The van der Waals surface area contributed by atoms with E-state index in [0.29, 0.717) is 18.8 Å². The molecular weight excluding hydrogens is 334 g/mol. The number of rotatable bonds is 7. The van der Waals surface area contributed by atoms with Crippen LogP contribution >= 0.6 is 0 Å². The Kier molecular flexibility index (Phi) is 5.98. The molecule has 2 N–H and O–H groups in total. The van der Waals surface area contributed by atoms with E-state index in [0.717, 1.165) is 37.4 Å². The summed E-state index contributed by atoms with van der Waals surface area (Å²) in [6.45, 7) is 4.74. The average molecular weight is 357 g/mol. The van der Waals surface area contributed by atoms with Crippen molar-refractivity contribution in [3.8, 4) is 0 Å². The highest BCUT2D eigenvalue weighted by atomic mass is 16.6. The summed E-state index contributed by atoms with van der Waals surface area (Å²) < 4.78 is 0. The molecule has 0 unspecified atom stereocenters. The van der Waals surface area contributed by atoms with E-state index in [1.807, 2.05) is 18.2 Å². The molecule has 0 atom stereocenters. The van der Waals surface area contributed by atoms with Gasteiger partial charge < -0.3 is 15.3 Å². The molecule has 2 heterocycles. The SMILES string of the molecule is O=[N+]([O-])c1ccc(N2CCN(CCO)CC2)cc1NCc1cccnc1. The zero-order chi connectivity index (χ0) is 18.4. The van der Waals surface area contributed by atoms with Crippen molar-refractivity contribution in [3.05, 3.63) is 58.4 Å². The molecule has 2 aromatic rings. The zero-order valence-electron chi connectivity index (χ0n) is 14.5. The van der Waals surface area contributed by atoms with Gasteiger partial charge in [-0.3, -0.25) is 20.0 Å². The minimum absolute atomic E-state index is 0.0663. The first-order valence-electron chi connectivity index (χ1n) is 8.67. The molecule has 26 heavy (non-hydrogen) atoms. The van der Waals surface area contributed by atoms with E-state index >= 15 is 0 Å². The van der Waals surface area contributed by atoms with Crippen LogP contribution in [0, 0.1) is 10.1 Å². The quantitative estimate of drug-likeness (QED) is 0.575. The largest absolute Gasteiger partial charge is 0.395 e. The summed E-state index contributed by atoms with van der Waals surface area (Å²) in [5.74, 6) is 0. The summed E-state index contributed by atoms with van der Waals surface area (Å²) in [5.41, 5.74) is 2.50. The van der Waals surface area contributed by atoms with Gasteiger partial charge in [0.25, 0.3) is 5.69 Å². The van der Waals surface area contributed by atoms with E-state index in [4.69, 9.17) is 5.11 Å². The van der Waals surface area contributed by atoms with Gasteiger partial charge in [0.2, 0.25) is 0 Å². The summed E-state index contributed by atoms with van der Waals surface area (Å²) in [4.78, 5) is 19.5. The van der Waals surface area contributed by atoms with Gasteiger partial charge in [-0.15, -0.1) is 0 Å². The number of aromatic nitrogens is 1. The van der Waals surface area contributed by atoms with Crippen molar-refractivity contribution in [2.24, 2.45) is 0 Å². The molecule has 1 aliphatic rings. The molecule has 8 nitrogen and oxygen atoms in total. The predicted octanol–water partition coefficient (Wildman–Crippen LogP) is 1.72. The minimum Gasteiger partial charge on any atom is -0.395 e. The molecule has 8 heteroatoms. The van der Waals surface area contributed by atoms with E-state index < -0.39 is 0 Å². The number of anilines is 2. The van der Waals surface area contributed by atoms with Crippen molar-refractivity contribution >= 4 is 17.1 Å². The number of hydrogen-bond donors (Lipinski definition) is 2. The number of nitro groups is 1. The van der Waals surface area contributed by atoms with Crippen LogP contribution in [0.1, 0.15) is 5.56 Å². The van der Waals surface area contributed by atoms with Gasteiger partial charge in [0, 0.05) is 63.4 Å². The third-order valence-corrected chi connectivity index (χ3v) is 4.54. The lowest BCUT2D eigenvalue weighted by molar-refractivity contribution is -0.384. The maximum Gasteiger partial charge on any atom is 0.292 e. The van der Waals surface area contributed by atoms with Crippen LogP contribution in [-0.2, 0) is 6.54 Å². The summed E-state index contributed by atoms with van der Waals surface area (Å²) in [6, 6.07) is 8.97. The van der Waals surface area contributed by atoms with E-state index in [-0.39, 0.29) is 17.2 Å². The number of benzene rings is 1. The molecule has 0 spiro atoms. The summed E-state index contributed by atoms with van der Waals surface area (Å²) in [6.07, 6.45) is 3.44. The zero-order valence-corrected chi connectivity index (χ0v) is 14.5. The third-order valence-electron chi connectivity index (χ3n) is 4.54. The number of nitrogens with zero attached hydrogens (tertiary/aromatic N) is 4. The number of nitro benzene ring substituents is 1. The van der Waals surface area contributed by atoms with Crippen molar-refractivity contribution in [2.75, 3.05) is 49.5 Å². The van der Waals surface area contributed by atoms with Crippen molar-refractivity contribution in [1.29, 1.82) is 0 Å². The number of nitrogens with one attached hydrogen (secondary N) is 1. The van der Waals surface area contributed by atoms with Crippen LogP contribution in [-0.4, -0.2) is 59.2 Å². The fraction of sp³-hybridized carbons (Fsp3) is 0.389. The fourth-order valence-electron chi connectivity index (χ4n) is 3.09. The number of aliphatic hydroxyl groups is 1. The van der Waals surface area contributed by atoms with Crippen LogP contribution < -0.4 is 10.2 Å². The summed E-state index contributed by atoms with van der Waals surface area (Å²) in [5, 5.41) is 23.6. The second kappa shape index (κ2) is 8.59. The van der Waals surface area contributed by atoms with E-state index in [1.165, 1.54) is 0 Å². The van der Waals surface area contributed by atoms with Gasteiger partial charge >= 0.3 is 0 Å². The van der Waals surface area contributed by atoms with Crippen molar-refractivity contribution < 1.29 is 10.0 Å².